The molecule has 0 aliphatic heterocycles. The van der Waals surface area contributed by atoms with Crippen molar-refractivity contribution in [2.75, 3.05) is 0 Å². The molecule has 0 saturated heterocycles. The van der Waals surface area contributed by atoms with Gasteiger partial charge in [-0.1, -0.05) is 43.0 Å². The van der Waals surface area contributed by atoms with Crippen molar-refractivity contribution in [1.82, 2.24) is 19.5 Å². The maximum Gasteiger partial charge on any atom is 0.162 e. The van der Waals surface area contributed by atoms with E-state index in [-0.39, 0.29) is 0 Å². The van der Waals surface area contributed by atoms with Gasteiger partial charge in [0.15, 0.2) is 5.82 Å². The van der Waals surface area contributed by atoms with Crippen molar-refractivity contribution in [1.29, 1.82) is 0 Å². The maximum absolute atomic E-state index is 4.55. The molecule has 0 bridgehead atoms. The molecule has 0 saturated carbocycles. The van der Waals surface area contributed by atoms with Crippen LogP contribution in [-0.2, 0) is 6.42 Å². The molecule has 3 heterocycles. The first-order valence-corrected chi connectivity index (χ1v) is 14.3. The smallest absolute Gasteiger partial charge is 0.162 e. The van der Waals surface area contributed by atoms with Gasteiger partial charge in [0.05, 0.1) is 10.9 Å². The molecule has 194 valence electrons. The Labute approximate surface area is 237 Å². The second-order valence-electron chi connectivity index (χ2n) is 10.3. The van der Waals surface area contributed by atoms with Gasteiger partial charge in [0.1, 0.15) is 12.7 Å². The largest absolute Gasteiger partial charge is 0.309 e. The average Bonchev–Trinajstić information content (AvgIpc) is 3.48. The quantitative estimate of drug-likeness (QED) is 0.238. The van der Waals surface area contributed by atoms with Crippen molar-refractivity contribution < 1.29 is 0 Å². The highest BCUT2D eigenvalue weighted by Gasteiger charge is 2.20. The average molecular weight is 537 g/mol. The summed E-state index contributed by atoms with van der Waals surface area (Å²) >= 11 is 1.92. The van der Waals surface area contributed by atoms with Crippen molar-refractivity contribution in [2.24, 2.45) is 0 Å². The summed E-state index contributed by atoms with van der Waals surface area (Å²) in [5.41, 5.74) is 8.50. The summed E-state index contributed by atoms with van der Waals surface area (Å²) in [4.78, 5) is 14.2. The molecule has 3 aromatic carbocycles. The lowest BCUT2D eigenvalue weighted by atomic mass is 9.90. The summed E-state index contributed by atoms with van der Waals surface area (Å²) in [6, 6.07) is 21.9. The summed E-state index contributed by atoms with van der Waals surface area (Å²) in [5.74, 6) is 0.705. The standard InChI is InChI=1S/C35H28N4S/c1-4-5-11-31-23(3)28-18-30-29-17-24(25-14-22(2)15-26(16-25)35-37-20-36-21-38-35)12-13-33(29)40-34(30)19-32(28)39(31)27-9-7-6-8-10-27/h4-11,14-21H,3,12-13H2,1-2H3/b5-4-,31-11+. The highest BCUT2D eigenvalue weighted by Crippen LogP contribution is 2.41. The predicted octanol–water partition coefficient (Wildman–Crippen LogP) is 7.26. The molecule has 0 N–H and O–H groups in total. The van der Waals surface area contributed by atoms with E-state index in [1.165, 1.54) is 48.1 Å². The number of hydrogen-bond donors (Lipinski definition) is 0. The molecule has 0 fully saturated rings. The number of nitrogens with zero attached hydrogens (tertiary/aromatic N) is 4. The van der Waals surface area contributed by atoms with Gasteiger partial charge in [0.25, 0.3) is 0 Å². The molecule has 0 unspecified atom stereocenters. The Balaban J connectivity index is 1.42. The van der Waals surface area contributed by atoms with E-state index in [4.69, 9.17) is 0 Å². The van der Waals surface area contributed by atoms with Crippen LogP contribution in [0.15, 0.2) is 85.5 Å². The fourth-order valence-corrected chi connectivity index (χ4v) is 7.00. The first kappa shape index (κ1) is 24.4. The van der Waals surface area contributed by atoms with E-state index < -0.39 is 0 Å². The minimum Gasteiger partial charge on any atom is -0.309 e. The van der Waals surface area contributed by atoms with E-state index in [9.17, 15) is 0 Å². The molecular weight excluding hydrogens is 508 g/mol. The number of para-hydroxylation sites is 1. The second kappa shape index (κ2) is 9.85. The number of fused-ring (bicyclic) bond motifs is 4. The van der Waals surface area contributed by atoms with Crippen LogP contribution in [0.1, 0.15) is 34.9 Å². The number of aryl methyl sites for hydroxylation is 2. The van der Waals surface area contributed by atoms with Gasteiger partial charge in [-0.15, -0.1) is 11.3 Å². The molecule has 40 heavy (non-hydrogen) atoms. The summed E-state index contributed by atoms with van der Waals surface area (Å²) in [5, 5.41) is 4.68. The van der Waals surface area contributed by atoms with Crippen molar-refractivity contribution >= 4 is 56.6 Å². The van der Waals surface area contributed by atoms with Crippen LogP contribution < -0.4 is 10.6 Å². The Hall–Kier alpha value is -4.61. The van der Waals surface area contributed by atoms with Crippen molar-refractivity contribution in [3.05, 3.63) is 118 Å². The predicted molar refractivity (Wildman–Crippen MR) is 169 cm³/mol. The van der Waals surface area contributed by atoms with Crippen LogP contribution in [-0.4, -0.2) is 19.5 Å². The summed E-state index contributed by atoms with van der Waals surface area (Å²) < 4.78 is 3.66. The Morgan fingerprint density at radius 3 is 2.52 bits per heavy atom. The summed E-state index contributed by atoms with van der Waals surface area (Å²) in [6.07, 6.45) is 13.9. The highest BCUT2D eigenvalue weighted by atomic mass is 32.1. The van der Waals surface area contributed by atoms with Crippen LogP contribution in [0.25, 0.3) is 62.4 Å². The Morgan fingerprint density at radius 2 is 1.73 bits per heavy atom. The zero-order valence-corrected chi connectivity index (χ0v) is 23.4. The van der Waals surface area contributed by atoms with Crippen LogP contribution in [0.5, 0.6) is 0 Å². The van der Waals surface area contributed by atoms with E-state index in [2.05, 4.69) is 118 Å². The highest BCUT2D eigenvalue weighted by molar-refractivity contribution is 7.19. The molecule has 7 rings (SSSR count). The van der Waals surface area contributed by atoms with Crippen LogP contribution in [0, 0.1) is 6.92 Å². The van der Waals surface area contributed by atoms with Gasteiger partial charge in [-0.05, 0) is 97.5 Å². The molecule has 6 aromatic rings. The van der Waals surface area contributed by atoms with E-state index in [1.54, 1.807) is 12.7 Å². The fourth-order valence-electron chi connectivity index (χ4n) is 5.80. The van der Waals surface area contributed by atoms with Gasteiger partial charge < -0.3 is 4.57 Å². The van der Waals surface area contributed by atoms with Crippen LogP contribution >= 0.6 is 11.3 Å². The lowest BCUT2D eigenvalue weighted by molar-refractivity contribution is 1.03. The number of benzene rings is 3. The third-order valence-corrected chi connectivity index (χ3v) is 8.87. The van der Waals surface area contributed by atoms with Gasteiger partial charge in [-0.2, -0.15) is 0 Å². The monoisotopic (exact) mass is 536 g/mol. The van der Waals surface area contributed by atoms with Crippen LogP contribution in [0.3, 0.4) is 0 Å². The molecule has 0 atom stereocenters. The van der Waals surface area contributed by atoms with E-state index in [0.717, 1.165) is 34.7 Å². The Kier molecular flexibility index (Phi) is 6.02. The molecule has 1 aliphatic carbocycles. The van der Waals surface area contributed by atoms with Gasteiger partial charge in [-0.25, -0.2) is 15.0 Å². The molecule has 0 amide bonds. The Morgan fingerprint density at radius 1 is 0.925 bits per heavy atom. The number of rotatable bonds is 4. The SMILES string of the molecule is C=c1/c(=C\C=C/C)n(-c2ccccc2)c2cc3sc4c(c3cc12)C=C(c1cc(C)cc(-c2ncncn2)c1)CC4. The molecule has 0 radical (unpaired) electrons. The van der Waals surface area contributed by atoms with Gasteiger partial charge >= 0.3 is 0 Å². The number of aromatic nitrogens is 4. The molecular formula is C35H28N4S. The van der Waals surface area contributed by atoms with Crippen LogP contribution in [0.2, 0.25) is 0 Å². The molecule has 1 aliphatic rings. The molecule has 4 nitrogen and oxygen atoms in total. The minimum atomic E-state index is 0.705. The molecule has 5 heteroatoms. The number of thiophene rings is 1. The van der Waals surface area contributed by atoms with Gasteiger partial charge in [0, 0.05) is 36.8 Å². The number of hydrogen-bond acceptors (Lipinski definition) is 4. The maximum atomic E-state index is 4.55. The van der Waals surface area contributed by atoms with Crippen molar-refractivity contribution in [3.8, 4) is 17.1 Å². The number of allylic oxidation sites excluding steroid dienone is 3. The second-order valence-corrected chi connectivity index (χ2v) is 11.4. The third kappa shape index (κ3) is 4.10. The van der Waals surface area contributed by atoms with Gasteiger partial charge in [0.2, 0.25) is 0 Å². The summed E-state index contributed by atoms with van der Waals surface area (Å²) in [6.45, 7) is 8.73. The lowest BCUT2D eigenvalue weighted by Crippen LogP contribution is -2.26. The fraction of sp³-hybridized carbons (Fsp3) is 0.114. The van der Waals surface area contributed by atoms with Crippen LogP contribution in [0.4, 0.5) is 0 Å². The zero-order chi connectivity index (χ0) is 27.2. The zero-order valence-electron chi connectivity index (χ0n) is 22.6. The lowest BCUT2D eigenvalue weighted by Gasteiger charge is -2.15. The normalized spacial score (nSPS) is 13.8. The van der Waals surface area contributed by atoms with E-state index in [0.29, 0.717) is 5.82 Å². The summed E-state index contributed by atoms with van der Waals surface area (Å²) in [7, 11) is 0. The third-order valence-electron chi connectivity index (χ3n) is 7.64. The van der Waals surface area contributed by atoms with E-state index in [1.807, 2.05) is 18.3 Å². The molecule has 3 aromatic heterocycles. The van der Waals surface area contributed by atoms with Crippen molar-refractivity contribution in [2.45, 2.75) is 26.7 Å². The molecule has 0 spiro atoms. The first-order chi connectivity index (χ1) is 19.6. The minimum absolute atomic E-state index is 0.705. The topological polar surface area (TPSA) is 43.6 Å². The van der Waals surface area contributed by atoms with Crippen molar-refractivity contribution in [3.63, 3.8) is 0 Å². The van der Waals surface area contributed by atoms with Gasteiger partial charge in [-0.3, -0.25) is 0 Å². The first-order valence-electron chi connectivity index (χ1n) is 13.5. The Bertz CT molecular complexity index is 2080. The van der Waals surface area contributed by atoms with E-state index >= 15 is 0 Å².